The highest BCUT2D eigenvalue weighted by molar-refractivity contribution is 6.02. The standard InChI is InChI=1S/C33H36N4O6/c1-20-17-26(21(2)43-20)32(39)29-28(23-9-11-25(42-4)12-10-23)31(33(40)36-15-13-35-14-16-36)37(27(38)19-41-3)30(29)24-7-5-22(18-34)6-8-24/h5-12,17,28-31,35H,13-16,19H2,1-4H3. The van der Waals surface area contributed by atoms with Crippen LogP contribution in [0.1, 0.15) is 50.5 Å². The van der Waals surface area contributed by atoms with E-state index in [-0.39, 0.29) is 18.3 Å². The third kappa shape index (κ3) is 5.78. The molecule has 2 aliphatic rings. The van der Waals surface area contributed by atoms with E-state index in [9.17, 15) is 19.6 Å². The Kier molecular flexibility index (Phi) is 8.94. The number of carbonyl (C=O) groups excluding carboxylic acids is 3. The highest BCUT2D eigenvalue weighted by Gasteiger charge is 2.58. The Morgan fingerprint density at radius 3 is 2.21 bits per heavy atom. The van der Waals surface area contributed by atoms with Crippen molar-refractivity contribution in [1.82, 2.24) is 15.1 Å². The summed E-state index contributed by atoms with van der Waals surface area (Å²) in [5, 5.41) is 12.7. The molecule has 0 saturated carbocycles. The van der Waals surface area contributed by atoms with Crippen LogP contribution in [0, 0.1) is 31.1 Å². The molecule has 2 saturated heterocycles. The van der Waals surface area contributed by atoms with Crippen molar-refractivity contribution >= 4 is 17.6 Å². The summed E-state index contributed by atoms with van der Waals surface area (Å²) >= 11 is 0. The number of nitriles is 1. The maximum absolute atomic E-state index is 14.7. The number of hydrogen-bond donors (Lipinski definition) is 1. The van der Waals surface area contributed by atoms with Crippen LogP contribution in [0.15, 0.2) is 59.0 Å². The number of hydrogen-bond acceptors (Lipinski definition) is 8. The van der Waals surface area contributed by atoms with Gasteiger partial charge in [0.15, 0.2) is 5.78 Å². The lowest BCUT2D eigenvalue weighted by Crippen LogP contribution is -2.55. The largest absolute Gasteiger partial charge is 0.497 e. The number of nitrogens with one attached hydrogen (secondary N) is 1. The fourth-order valence-corrected chi connectivity index (χ4v) is 6.46. The Bertz CT molecular complexity index is 1520. The lowest BCUT2D eigenvalue weighted by molar-refractivity contribution is -0.148. The zero-order chi connectivity index (χ0) is 30.7. The molecular weight excluding hydrogens is 548 g/mol. The fraction of sp³-hybridized carbons (Fsp3) is 0.394. The molecule has 2 aliphatic heterocycles. The summed E-state index contributed by atoms with van der Waals surface area (Å²) in [4.78, 5) is 46.6. The van der Waals surface area contributed by atoms with Crippen LogP contribution >= 0.6 is 0 Å². The number of piperazine rings is 1. The Morgan fingerprint density at radius 2 is 1.65 bits per heavy atom. The lowest BCUT2D eigenvalue weighted by Gasteiger charge is -2.36. The molecule has 43 heavy (non-hydrogen) atoms. The highest BCUT2D eigenvalue weighted by Crippen LogP contribution is 2.52. The fourth-order valence-electron chi connectivity index (χ4n) is 6.46. The van der Waals surface area contributed by atoms with Crippen molar-refractivity contribution in [1.29, 1.82) is 5.26 Å². The number of carbonyl (C=O) groups is 3. The number of aryl methyl sites for hydroxylation is 2. The van der Waals surface area contributed by atoms with Gasteiger partial charge < -0.3 is 29.0 Å². The molecule has 2 fully saturated rings. The number of ketones is 1. The van der Waals surface area contributed by atoms with E-state index >= 15 is 0 Å². The van der Waals surface area contributed by atoms with E-state index in [1.165, 1.54) is 7.11 Å². The monoisotopic (exact) mass is 584 g/mol. The van der Waals surface area contributed by atoms with E-state index in [4.69, 9.17) is 13.9 Å². The Morgan fingerprint density at radius 1 is 1.00 bits per heavy atom. The Balaban J connectivity index is 1.77. The van der Waals surface area contributed by atoms with Crippen LogP contribution in [0.3, 0.4) is 0 Å². The number of nitrogens with zero attached hydrogens (tertiary/aromatic N) is 3. The molecule has 1 N–H and O–H groups in total. The number of likely N-dealkylation sites (tertiary alicyclic amines) is 1. The summed E-state index contributed by atoms with van der Waals surface area (Å²) in [6.45, 7) is 5.49. The van der Waals surface area contributed by atoms with Gasteiger partial charge in [-0.15, -0.1) is 0 Å². The van der Waals surface area contributed by atoms with Crippen LogP contribution in [0.2, 0.25) is 0 Å². The zero-order valence-electron chi connectivity index (χ0n) is 24.8. The van der Waals surface area contributed by atoms with E-state index < -0.39 is 29.8 Å². The average Bonchev–Trinajstić information content (AvgIpc) is 3.57. The number of ether oxygens (including phenoxy) is 2. The van der Waals surface area contributed by atoms with Crippen molar-refractivity contribution in [3.63, 3.8) is 0 Å². The molecule has 5 rings (SSSR count). The van der Waals surface area contributed by atoms with Gasteiger partial charge >= 0.3 is 0 Å². The Hall–Kier alpha value is -4.46. The summed E-state index contributed by atoms with van der Waals surface area (Å²) in [6, 6.07) is 16.2. The molecule has 4 atom stereocenters. The molecule has 1 aromatic heterocycles. The van der Waals surface area contributed by atoms with E-state index in [0.29, 0.717) is 60.1 Å². The minimum absolute atomic E-state index is 0.221. The maximum Gasteiger partial charge on any atom is 0.249 e. The first-order valence-electron chi connectivity index (χ1n) is 14.3. The summed E-state index contributed by atoms with van der Waals surface area (Å²) in [7, 11) is 3.00. The third-order valence-corrected chi connectivity index (χ3v) is 8.40. The first-order chi connectivity index (χ1) is 20.8. The highest BCUT2D eigenvalue weighted by atomic mass is 16.5. The molecule has 224 valence electrons. The molecular formula is C33H36N4O6. The van der Waals surface area contributed by atoms with Gasteiger partial charge in [0.25, 0.3) is 0 Å². The molecule has 0 aliphatic carbocycles. The van der Waals surface area contributed by atoms with E-state index in [1.807, 2.05) is 12.1 Å². The van der Waals surface area contributed by atoms with Gasteiger partial charge in [-0.2, -0.15) is 5.26 Å². The average molecular weight is 585 g/mol. The van der Waals surface area contributed by atoms with Gasteiger partial charge in [-0.25, -0.2) is 0 Å². The second-order valence-electron chi connectivity index (χ2n) is 10.9. The maximum atomic E-state index is 14.7. The van der Waals surface area contributed by atoms with Crippen LogP contribution in [0.25, 0.3) is 0 Å². The number of methoxy groups -OCH3 is 2. The van der Waals surface area contributed by atoms with Crippen LogP contribution in [-0.2, 0) is 14.3 Å². The summed E-state index contributed by atoms with van der Waals surface area (Å²) in [5.74, 6) is -0.703. The van der Waals surface area contributed by atoms with E-state index in [1.54, 1.807) is 73.2 Å². The van der Waals surface area contributed by atoms with Gasteiger partial charge in [-0.3, -0.25) is 14.4 Å². The number of amides is 2. The van der Waals surface area contributed by atoms with Crippen LogP contribution < -0.4 is 10.1 Å². The first kappa shape index (κ1) is 30.0. The summed E-state index contributed by atoms with van der Waals surface area (Å²) in [6.07, 6.45) is 0. The normalized spacial score (nSPS) is 21.8. The van der Waals surface area contributed by atoms with E-state index in [2.05, 4.69) is 11.4 Å². The van der Waals surface area contributed by atoms with Crippen molar-refractivity contribution in [2.75, 3.05) is 47.0 Å². The van der Waals surface area contributed by atoms with Gasteiger partial charge in [0.2, 0.25) is 11.8 Å². The summed E-state index contributed by atoms with van der Waals surface area (Å²) in [5.41, 5.74) is 2.24. The molecule has 3 aromatic rings. The van der Waals surface area contributed by atoms with Gasteiger partial charge in [0, 0.05) is 39.2 Å². The molecule has 0 radical (unpaired) electrons. The van der Waals surface area contributed by atoms with Gasteiger partial charge in [-0.05, 0) is 55.3 Å². The predicted molar refractivity (Wildman–Crippen MR) is 158 cm³/mol. The molecule has 4 unspecified atom stereocenters. The van der Waals surface area contributed by atoms with Gasteiger partial charge in [0.1, 0.15) is 29.9 Å². The van der Waals surface area contributed by atoms with Gasteiger partial charge in [-0.1, -0.05) is 24.3 Å². The minimum Gasteiger partial charge on any atom is -0.497 e. The molecule has 2 amide bonds. The van der Waals surface area contributed by atoms with Crippen molar-refractivity contribution in [3.05, 3.63) is 88.4 Å². The number of rotatable bonds is 8. The van der Waals surface area contributed by atoms with Crippen molar-refractivity contribution in [3.8, 4) is 11.8 Å². The lowest BCUT2D eigenvalue weighted by atomic mass is 9.75. The molecule has 0 spiro atoms. The smallest absolute Gasteiger partial charge is 0.249 e. The third-order valence-electron chi connectivity index (χ3n) is 8.40. The van der Waals surface area contributed by atoms with Gasteiger partial charge in [0.05, 0.1) is 36.3 Å². The van der Waals surface area contributed by atoms with E-state index in [0.717, 1.165) is 5.56 Å². The topological polar surface area (TPSA) is 125 Å². The van der Waals surface area contributed by atoms with Crippen molar-refractivity contribution < 1.29 is 28.3 Å². The second-order valence-corrected chi connectivity index (χ2v) is 10.9. The SMILES string of the molecule is COCC(=O)N1C(C(=O)N2CCNCC2)C(c2ccc(OC)cc2)C(C(=O)c2cc(C)oc2C)C1c1ccc(C#N)cc1. The first-order valence-corrected chi connectivity index (χ1v) is 14.3. The number of furan rings is 1. The summed E-state index contributed by atoms with van der Waals surface area (Å²) < 4.78 is 16.5. The quantitative estimate of drug-likeness (QED) is 0.400. The number of Topliss-reactive ketones (excluding diaryl/α,β-unsaturated/α-hetero) is 1. The Labute approximate surface area is 251 Å². The predicted octanol–water partition coefficient (Wildman–Crippen LogP) is 3.39. The molecule has 3 heterocycles. The van der Waals surface area contributed by atoms with Crippen molar-refractivity contribution in [2.45, 2.75) is 31.8 Å². The van der Waals surface area contributed by atoms with Crippen LogP contribution in [-0.4, -0.2) is 80.4 Å². The second kappa shape index (κ2) is 12.8. The molecule has 10 nitrogen and oxygen atoms in total. The molecule has 0 bridgehead atoms. The van der Waals surface area contributed by atoms with Crippen molar-refractivity contribution in [2.24, 2.45) is 5.92 Å². The number of benzene rings is 2. The molecule has 2 aromatic carbocycles. The van der Waals surface area contributed by atoms with Crippen LogP contribution in [0.5, 0.6) is 5.75 Å². The zero-order valence-corrected chi connectivity index (χ0v) is 24.8. The minimum atomic E-state index is -0.989. The molecule has 10 heteroatoms. The van der Waals surface area contributed by atoms with Crippen LogP contribution in [0.4, 0.5) is 0 Å².